The maximum atomic E-state index is 13.7. The summed E-state index contributed by atoms with van der Waals surface area (Å²) in [6, 6.07) is 17.5. The van der Waals surface area contributed by atoms with Crippen molar-refractivity contribution < 1.29 is 64.3 Å². The summed E-state index contributed by atoms with van der Waals surface area (Å²) >= 11 is 0. The standard InChI is InChI=1S/C26H25F4NO10P2S/c27-25(28,42(34,35)36)23(32)14-18-6-10-20(11-7-18)16-31(44(40,41)22-4-2-1-3-5-22)17-21-12-8-19(9-13-21)15-24(33)26(29,30)43(37,38)39/h1-13H,14-17H2,(H2,34,35,36)(H2,37,38,39). The summed E-state index contributed by atoms with van der Waals surface area (Å²) in [7, 11) is -16.2. The summed E-state index contributed by atoms with van der Waals surface area (Å²) < 4.78 is 105. The number of halogens is 4. The molecule has 0 amide bonds. The third-order valence-corrected chi connectivity index (χ3v) is 10.0. The summed E-state index contributed by atoms with van der Waals surface area (Å²) in [5, 5.41) is 0. The number of sulfonamides is 1. The monoisotopic (exact) mass is 681 g/mol. The molecule has 0 spiro atoms. The average molecular weight is 681 g/mol. The fraction of sp³-hybridized carbons (Fsp3) is 0.231. The Hall–Kier alpha value is -3.07. The Balaban J connectivity index is 1.84. The van der Waals surface area contributed by atoms with Crippen LogP contribution in [0.4, 0.5) is 17.6 Å². The molecule has 3 aromatic carbocycles. The molecule has 0 saturated heterocycles. The predicted octanol–water partition coefficient (Wildman–Crippen LogP) is 3.84. The number of Topliss-reactive ketones (excluding diaryl/α,β-unsaturated/α-hetero) is 2. The van der Waals surface area contributed by atoms with Crippen LogP contribution in [0.25, 0.3) is 0 Å². The van der Waals surface area contributed by atoms with Crippen LogP contribution in [0.3, 0.4) is 0 Å². The van der Waals surface area contributed by atoms with Gasteiger partial charge in [0.25, 0.3) is 0 Å². The number of hydrogen-bond acceptors (Lipinski definition) is 6. The van der Waals surface area contributed by atoms with Gasteiger partial charge in [0, 0.05) is 25.9 Å². The van der Waals surface area contributed by atoms with E-state index >= 15 is 0 Å². The number of alkyl halides is 4. The van der Waals surface area contributed by atoms with Crippen molar-refractivity contribution in [2.24, 2.45) is 0 Å². The Morgan fingerprint density at radius 1 is 0.614 bits per heavy atom. The molecular weight excluding hydrogens is 656 g/mol. The van der Waals surface area contributed by atoms with Crippen molar-refractivity contribution in [3.63, 3.8) is 0 Å². The molecule has 0 radical (unpaired) electrons. The van der Waals surface area contributed by atoms with E-state index in [0.29, 0.717) is 11.1 Å². The highest BCUT2D eigenvalue weighted by Gasteiger charge is 2.55. The van der Waals surface area contributed by atoms with E-state index in [4.69, 9.17) is 19.6 Å². The highest BCUT2D eigenvalue weighted by molar-refractivity contribution is 7.89. The van der Waals surface area contributed by atoms with Crippen LogP contribution in [0.2, 0.25) is 0 Å². The topological polar surface area (TPSA) is 187 Å². The molecule has 0 heterocycles. The van der Waals surface area contributed by atoms with Gasteiger partial charge in [0.05, 0.1) is 4.90 Å². The summed E-state index contributed by atoms with van der Waals surface area (Å²) in [5.74, 6) is -4.00. The molecule has 0 saturated carbocycles. The number of nitrogens with zero attached hydrogens (tertiary/aromatic N) is 1. The van der Waals surface area contributed by atoms with Gasteiger partial charge in [0.2, 0.25) is 21.6 Å². The maximum absolute atomic E-state index is 13.7. The van der Waals surface area contributed by atoms with Gasteiger partial charge >= 0.3 is 26.5 Å². The number of carbonyl (C=O) groups excluding carboxylic acids is 2. The van der Waals surface area contributed by atoms with E-state index in [9.17, 15) is 44.7 Å². The van der Waals surface area contributed by atoms with E-state index in [1.807, 2.05) is 0 Å². The molecule has 0 bridgehead atoms. The minimum Gasteiger partial charge on any atom is -0.320 e. The lowest BCUT2D eigenvalue weighted by Crippen LogP contribution is -2.31. The van der Waals surface area contributed by atoms with Gasteiger partial charge in [-0.2, -0.15) is 21.9 Å². The lowest BCUT2D eigenvalue weighted by Gasteiger charge is -2.23. The molecule has 44 heavy (non-hydrogen) atoms. The van der Waals surface area contributed by atoms with E-state index in [1.54, 1.807) is 6.07 Å². The molecule has 11 nitrogen and oxygen atoms in total. The normalized spacial score (nSPS) is 13.2. The van der Waals surface area contributed by atoms with Crippen LogP contribution in [-0.4, -0.2) is 55.2 Å². The quantitative estimate of drug-likeness (QED) is 0.144. The minimum absolute atomic E-state index is 0.0150. The van der Waals surface area contributed by atoms with E-state index in [-0.39, 0.29) is 29.1 Å². The second kappa shape index (κ2) is 13.1. The lowest BCUT2D eigenvalue weighted by molar-refractivity contribution is -0.134. The van der Waals surface area contributed by atoms with Gasteiger partial charge in [-0.05, 0) is 34.4 Å². The van der Waals surface area contributed by atoms with Crippen LogP contribution >= 0.6 is 15.2 Å². The first-order chi connectivity index (χ1) is 20.2. The van der Waals surface area contributed by atoms with Crippen LogP contribution in [0, 0.1) is 0 Å². The van der Waals surface area contributed by atoms with E-state index in [2.05, 4.69) is 0 Å². The first-order valence-corrected chi connectivity index (χ1v) is 17.0. The second-order valence-electron chi connectivity index (χ2n) is 9.59. The molecule has 0 fully saturated rings. The molecule has 0 unspecified atom stereocenters. The first kappa shape index (κ1) is 35.4. The smallest absolute Gasteiger partial charge is 0.320 e. The summed E-state index contributed by atoms with van der Waals surface area (Å²) in [6.07, 6.45) is -2.00. The zero-order chi connectivity index (χ0) is 33.1. The number of ketones is 2. The third-order valence-electron chi connectivity index (χ3n) is 6.28. The fourth-order valence-corrected chi connectivity index (χ4v) is 6.05. The van der Waals surface area contributed by atoms with Crippen molar-refractivity contribution >= 4 is 36.8 Å². The van der Waals surface area contributed by atoms with Crippen molar-refractivity contribution in [2.45, 2.75) is 42.2 Å². The zero-order valence-electron chi connectivity index (χ0n) is 22.3. The Labute approximate surface area is 248 Å². The number of carbonyl (C=O) groups is 2. The van der Waals surface area contributed by atoms with Crippen LogP contribution in [-0.2, 0) is 54.7 Å². The fourth-order valence-electron chi connectivity index (χ4n) is 3.81. The molecule has 238 valence electrons. The zero-order valence-corrected chi connectivity index (χ0v) is 24.9. The molecule has 0 atom stereocenters. The average Bonchev–Trinajstić information content (AvgIpc) is 2.93. The second-order valence-corrected chi connectivity index (χ2v) is 14.8. The highest BCUT2D eigenvalue weighted by Crippen LogP contribution is 2.54. The number of rotatable bonds is 14. The molecular formula is C26H25F4NO10P2S. The van der Waals surface area contributed by atoms with Gasteiger partial charge in [0.15, 0.2) is 0 Å². The Kier molecular flexibility index (Phi) is 10.6. The van der Waals surface area contributed by atoms with Crippen molar-refractivity contribution in [3.8, 4) is 0 Å². The summed E-state index contributed by atoms with van der Waals surface area (Å²) in [6.45, 7) is -0.558. The van der Waals surface area contributed by atoms with Gasteiger partial charge in [-0.3, -0.25) is 18.7 Å². The van der Waals surface area contributed by atoms with Crippen molar-refractivity contribution in [3.05, 3.63) is 101 Å². The van der Waals surface area contributed by atoms with Gasteiger partial charge in [-0.1, -0.05) is 66.7 Å². The van der Waals surface area contributed by atoms with Crippen LogP contribution < -0.4 is 0 Å². The molecule has 0 aromatic heterocycles. The van der Waals surface area contributed by atoms with Crippen LogP contribution in [0.15, 0.2) is 83.8 Å². The van der Waals surface area contributed by atoms with Crippen molar-refractivity contribution in [2.75, 3.05) is 0 Å². The molecule has 0 aliphatic carbocycles. The van der Waals surface area contributed by atoms with Gasteiger partial charge in [-0.15, -0.1) is 0 Å². The summed E-state index contributed by atoms with van der Waals surface area (Å²) in [4.78, 5) is 58.5. The molecule has 18 heteroatoms. The molecule has 3 rings (SSSR count). The van der Waals surface area contributed by atoms with E-state index < -0.39 is 61.0 Å². The van der Waals surface area contributed by atoms with Gasteiger partial charge < -0.3 is 19.6 Å². The Morgan fingerprint density at radius 3 is 1.25 bits per heavy atom. The lowest BCUT2D eigenvalue weighted by atomic mass is 10.1. The van der Waals surface area contributed by atoms with E-state index in [0.717, 1.165) is 4.31 Å². The molecule has 0 aliphatic rings. The Morgan fingerprint density at radius 2 is 0.932 bits per heavy atom. The molecule has 0 aliphatic heterocycles. The van der Waals surface area contributed by atoms with Gasteiger partial charge in [0.1, 0.15) is 0 Å². The van der Waals surface area contributed by atoms with Crippen LogP contribution in [0.1, 0.15) is 22.3 Å². The van der Waals surface area contributed by atoms with Gasteiger partial charge in [-0.25, -0.2) is 8.42 Å². The van der Waals surface area contributed by atoms with Crippen LogP contribution in [0.5, 0.6) is 0 Å². The predicted molar refractivity (Wildman–Crippen MR) is 147 cm³/mol. The van der Waals surface area contributed by atoms with E-state index in [1.165, 1.54) is 72.8 Å². The molecule has 4 N–H and O–H groups in total. The van der Waals surface area contributed by atoms with Crippen molar-refractivity contribution in [1.82, 2.24) is 4.31 Å². The SMILES string of the molecule is O=C(Cc1ccc(CN(Cc2ccc(CC(=O)C(F)(F)P(=O)(O)O)cc2)S(=O)(=O)c2ccccc2)cc1)C(F)(F)P(=O)(O)O. The third kappa shape index (κ3) is 8.14. The highest BCUT2D eigenvalue weighted by atomic mass is 32.2. The Bertz CT molecular complexity index is 1620. The first-order valence-electron chi connectivity index (χ1n) is 12.3. The minimum atomic E-state index is -6.03. The van der Waals surface area contributed by atoms with Crippen molar-refractivity contribution in [1.29, 1.82) is 0 Å². The number of hydrogen-bond donors (Lipinski definition) is 4. The number of benzene rings is 3. The largest absolute Gasteiger partial charge is 0.402 e. The molecule has 3 aromatic rings. The summed E-state index contributed by atoms with van der Waals surface area (Å²) in [5.41, 5.74) is -9.11. The maximum Gasteiger partial charge on any atom is 0.402 e.